The highest BCUT2D eigenvalue weighted by Gasteiger charge is 2.37. The van der Waals surface area contributed by atoms with E-state index in [1.54, 1.807) is 13.8 Å². The van der Waals surface area contributed by atoms with E-state index in [4.69, 9.17) is 10.8 Å². The van der Waals surface area contributed by atoms with Gasteiger partial charge in [-0.15, -0.1) is 0 Å². The lowest BCUT2D eigenvalue weighted by molar-refractivity contribution is -0.141. The number of carboxylic acid groups (broad SMARTS) is 1. The van der Waals surface area contributed by atoms with E-state index in [-0.39, 0.29) is 12.6 Å². The molecule has 0 aliphatic carbocycles. The van der Waals surface area contributed by atoms with Crippen LogP contribution >= 0.6 is 0 Å². The predicted molar refractivity (Wildman–Crippen MR) is 63.8 cm³/mol. The molecule has 0 radical (unpaired) electrons. The molecule has 1 unspecified atom stereocenters. The average Bonchev–Trinajstić information content (AvgIpc) is 2.73. The number of carbonyl (C=O) groups is 3. The molecular weight excluding hydrogens is 238 g/mol. The monoisotopic (exact) mass is 257 g/mol. The van der Waals surface area contributed by atoms with Crippen LogP contribution < -0.4 is 5.73 Å². The summed E-state index contributed by atoms with van der Waals surface area (Å²) < 4.78 is 0. The number of rotatable bonds is 4. The summed E-state index contributed by atoms with van der Waals surface area (Å²) in [6.45, 7) is 3.72. The van der Waals surface area contributed by atoms with Crippen LogP contribution in [0.15, 0.2) is 0 Å². The van der Waals surface area contributed by atoms with Gasteiger partial charge in [0.1, 0.15) is 12.6 Å². The van der Waals surface area contributed by atoms with Gasteiger partial charge in [0, 0.05) is 12.6 Å². The number of aliphatic carboxylic acids is 1. The van der Waals surface area contributed by atoms with Crippen molar-refractivity contribution in [1.82, 2.24) is 9.80 Å². The maximum absolute atomic E-state index is 12.2. The summed E-state index contributed by atoms with van der Waals surface area (Å²) in [6, 6.07) is -1.44. The Morgan fingerprint density at radius 1 is 1.44 bits per heavy atom. The third kappa shape index (κ3) is 3.12. The molecule has 7 nitrogen and oxygen atoms in total. The number of primary amides is 1. The number of nitrogens with zero attached hydrogens (tertiary/aromatic N) is 2. The molecule has 1 fully saturated rings. The van der Waals surface area contributed by atoms with Gasteiger partial charge in [0.25, 0.3) is 0 Å². The number of likely N-dealkylation sites (tertiary alicyclic amines) is 1. The molecule has 7 heteroatoms. The van der Waals surface area contributed by atoms with Gasteiger partial charge < -0.3 is 20.6 Å². The van der Waals surface area contributed by atoms with E-state index in [0.717, 1.165) is 0 Å². The first-order valence-corrected chi connectivity index (χ1v) is 5.93. The van der Waals surface area contributed by atoms with Crippen LogP contribution in [0.2, 0.25) is 0 Å². The van der Waals surface area contributed by atoms with Crippen LogP contribution in [0.4, 0.5) is 4.79 Å². The van der Waals surface area contributed by atoms with Gasteiger partial charge in [-0.1, -0.05) is 0 Å². The van der Waals surface area contributed by atoms with Gasteiger partial charge in [0.05, 0.1) is 0 Å². The van der Waals surface area contributed by atoms with Crippen LogP contribution in [0.5, 0.6) is 0 Å². The van der Waals surface area contributed by atoms with Crippen LogP contribution in [0.1, 0.15) is 26.7 Å². The molecule has 1 atom stereocenters. The average molecular weight is 257 g/mol. The maximum atomic E-state index is 12.2. The Kier molecular flexibility index (Phi) is 4.52. The summed E-state index contributed by atoms with van der Waals surface area (Å²) in [5, 5.41) is 9.03. The predicted octanol–water partition coefficient (Wildman–Crippen LogP) is -0.149. The minimum atomic E-state index is -1.01. The molecular formula is C11H19N3O4. The highest BCUT2D eigenvalue weighted by molar-refractivity contribution is 5.86. The van der Waals surface area contributed by atoms with E-state index >= 15 is 0 Å². The molecule has 1 aliphatic rings. The van der Waals surface area contributed by atoms with Crippen molar-refractivity contribution in [3.8, 4) is 0 Å². The highest BCUT2D eigenvalue weighted by Crippen LogP contribution is 2.20. The lowest BCUT2D eigenvalue weighted by atomic mass is 10.2. The Balaban J connectivity index is 2.82. The van der Waals surface area contributed by atoms with Crippen LogP contribution in [0, 0.1) is 0 Å². The molecule has 1 aliphatic heterocycles. The Bertz CT molecular complexity index is 352. The number of nitrogens with two attached hydrogens (primary N) is 1. The zero-order valence-electron chi connectivity index (χ0n) is 10.6. The van der Waals surface area contributed by atoms with Crippen LogP contribution in [-0.4, -0.2) is 58.0 Å². The summed E-state index contributed by atoms with van der Waals surface area (Å²) in [5.41, 5.74) is 5.09. The van der Waals surface area contributed by atoms with Gasteiger partial charge in [0.15, 0.2) is 0 Å². The summed E-state index contributed by atoms with van der Waals surface area (Å²) >= 11 is 0. The van der Waals surface area contributed by atoms with Crippen molar-refractivity contribution in [3.05, 3.63) is 0 Å². The normalized spacial score (nSPS) is 19.1. The first-order chi connectivity index (χ1) is 8.34. The third-order valence-corrected chi connectivity index (χ3v) is 2.98. The highest BCUT2D eigenvalue weighted by atomic mass is 16.4. The van der Waals surface area contributed by atoms with Crippen molar-refractivity contribution in [2.75, 3.05) is 13.1 Å². The SMILES string of the molecule is CC(C)N(CC(N)=O)C(=O)N1CCCC1C(=O)O. The molecule has 1 rings (SSSR count). The fourth-order valence-electron chi connectivity index (χ4n) is 2.06. The zero-order chi connectivity index (χ0) is 13.9. The van der Waals surface area contributed by atoms with Gasteiger partial charge in [-0.05, 0) is 26.7 Å². The van der Waals surface area contributed by atoms with E-state index in [9.17, 15) is 14.4 Å². The van der Waals surface area contributed by atoms with Crippen molar-refractivity contribution in [3.63, 3.8) is 0 Å². The van der Waals surface area contributed by atoms with Crippen molar-refractivity contribution in [2.45, 2.75) is 38.8 Å². The smallest absolute Gasteiger partial charge is 0.326 e. The third-order valence-electron chi connectivity index (χ3n) is 2.98. The van der Waals surface area contributed by atoms with Gasteiger partial charge in [-0.3, -0.25) is 4.79 Å². The molecule has 0 aromatic carbocycles. The van der Waals surface area contributed by atoms with E-state index in [1.807, 2.05) is 0 Å². The molecule has 0 aromatic rings. The van der Waals surface area contributed by atoms with Crippen LogP contribution in [-0.2, 0) is 9.59 Å². The number of amides is 3. The van der Waals surface area contributed by atoms with E-state index in [0.29, 0.717) is 19.4 Å². The summed E-state index contributed by atoms with van der Waals surface area (Å²) in [4.78, 5) is 36.8. The Hall–Kier alpha value is -1.79. The molecule has 3 N–H and O–H groups in total. The summed E-state index contributed by atoms with van der Waals surface area (Å²) in [7, 11) is 0. The topological polar surface area (TPSA) is 104 Å². The number of carbonyl (C=O) groups excluding carboxylic acids is 2. The first-order valence-electron chi connectivity index (χ1n) is 5.93. The Morgan fingerprint density at radius 3 is 2.50 bits per heavy atom. The fourth-order valence-corrected chi connectivity index (χ4v) is 2.06. The van der Waals surface area contributed by atoms with Gasteiger partial charge in [-0.25, -0.2) is 9.59 Å². The number of hydrogen-bond donors (Lipinski definition) is 2. The fraction of sp³-hybridized carbons (Fsp3) is 0.727. The van der Waals surface area contributed by atoms with Crippen LogP contribution in [0.3, 0.4) is 0 Å². The standard InChI is InChI=1S/C11H19N3O4/c1-7(2)14(6-9(12)15)11(18)13-5-3-4-8(13)10(16)17/h7-8H,3-6H2,1-2H3,(H2,12,15)(H,16,17). The number of carboxylic acids is 1. The molecule has 3 amide bonds. The second kappa shape index (κ2) is 5.70. The Morgan fingerprint density at radius 2 is 2.06 bits per heavy atom. The van der Waals surface area contributed by atoms with Gasteiger partial charge >= 0.3 is 12.0 Å². The number of hydrogen-bond acceptors (Lipinski definition) is 3. The molecule has 0 saturated carbocycles. The molecule has 1 heterocycles. The van der Waals surface area contributed by atoms with Crippen molar-refractivity contribution in [1.29, 1.82) is 0 Å². The van der Waals surface area contributed by atoms with E-state index < -0.39 is 23.9 Å². The second-order valence-corrected chi connectivity index (χ2v) is 4.66. The first kappa shape index (κ1) is 14.3. The second-order valence-electron chi connectivity index (χ2n) is 4.66. The van der Waals surface area contributed by atoms with Gasteiger partial charge in [0.2, 0.25) is 5.91 Å². The quantitative estimate of drug-likeness (QED) is 0.730. The minimum Gasteiger partial charge on any atom is -0.480 e. The van der Waals surface area contributed by atoms with Gasteiger partial charge in [-0.2, -0.15) is 0 Å². The molecule has 102 valence electrons. The lowest BCUT2D eigenvalue weighted by Gasteiger charge is -2.32. The Labute approximate surface area is 106 Å². The maximum Gasteiger partial charge on any atom is 0.326 e. The van der Waals surface area contributed by atoms with E-state index in [1.165, 1.54) is 9.80 Å². The molecule has 0 bridgehead atoms. The zero-order valence-corrected chi connectivity index (χ0v) is 10.6. The lowest BCUT2D eigenvalue weighted by Crippen LogP contribution is -2.52. The van der Waals surface area contributed by atoms with Crippen LogP contribution in [0.25, 0.3) is 0 Å². The molecule has 1 saturated heterocycles. The van der Waals surface area contributed by atoms with Crippen molar-refractivity contribution < 1.29 is 19.5 Å². The van der Waals surface area contributed by atoms with Crippen molar-refractivity contribution >= 4 is 17.9 Å². The van der Waals surface area contributed by atoms with E-state index in [2.05, 4.69) is 0 Å². The minimum absolute atomic E-state index is 0.195. The summed E-state index contributed by atoms with van der Waals surface area (Å²) in [5.74, 6) is -1.62. The molecule has 0 aromatic heterocycles. The summed E-state index contributed by atoms with van der Waals surface area (Å²) in [6.07, 6.45) is 1.11. The van der Waals surface area contributed by atoms with Crippen molar-refractivity contribution in [2.24, 2.45) is 5.73 Å². The number of urea groups is 1. The molecule has 0 spiro atoms. The molecule has 18 heavy (non-hydrogen) atoms. The largest absolute Gasteiger partial charge is 0.480 e.